The number of hydrogen-bond donors (Lipinski definition) is 1. The van der Waals surface area contributed by atoms with Crippen molar-refractivity contribution in [2.24, 2.45) is 11.8 Å². The minimum absolute atomic E-state index is 0.0378. The molecule has 2 heterocycles. The summed E-state index contributed by atoms with van der Waals surface area (Å²) in [5, 5.41) is 3.08. The fraction of sp³-hybridized carbons (Fsp3) is 0.636. The third-order valence-electron chi connectivity index (χ3n) is 6.06. The normalized spacial score (nSPS) is 19.5. The van der Waals surface area contributed by atoms with E-state index < -0.39 is 15.8 Å². The maximum atomic E-state index is 14.0. The number of nitrogens with one attached hydrogen (secondary N) is 1. The van der Waals surface area contributed by atoms with E-state index in [2.05, 4.69) is 5.32 Å². The number of sulfonamides is 1. The summed E-state index contributed by atoms with van der Waals surface area (Å²) in [5.74, 6) is -0.579. The molecule has 9 heteroatoms. The molecule has 1 N–H and O–H groups in total. The maximum Gasteiger partial charge on any atom is 0.245 e. The van der Waals surface area contributed by atoms with Gasteiger partial charge in [-0.2, -0.15) is 4.31 Å². The SMILES string of the molecule is CC(C)CC(=O)N1CCC(NC(=O)C2CCN(S(=O)(=O)c3ccccc3F)CC2)CC1. The van der Waals surface area contributed by atoms with Crippen LogP contribution in [0.5, 0.6) is 0 Å². The summed E-state index contributed by atoms with van der Waals surface area (Å²) in [5.41, 5.74) is 0. The van der Waals surface area contributed by atoms with Gasteiger partial charge in [0.1, 0.15) is 10.7 Å². The summed E-state index contributed by atoms with van der Waals surface area (Å²) in [4.78, 5) is 26.4. The second-order valence-electron chi connectivity index (χ2n) is 8.87. The summed E-state index contributed by atoms with van der Waals surface area (Å²) >= 11 is 0. The molecule has 0 bridgehead atoms. The van der Waals surface area contributed by atoms with Crippen LogP contribution in [0.2, 0.25) is 0 Å². The Bertz CT molecular complexity index is 890. The number of halogens is 1. The quantitative estimate of drug-likeness (QED) is 0.717. The zero-order valence-electron chi connectivity index (χ0n) is 18.2. The lowest BCUT2D eigenvalue weighted by molar-refractivity contribution is -0.133. The first-order chi connectivity index (χ1) is 14.7. The first-order valence-corrected chi connectivity index (χ1v) is 12.5. The van der Waals surface area contributed by atoms with Crippen molar-refractivity contribution in [2.75, 3.05) is 26.2 Å². The summed E-state index contributed by atoms with van der Waals surface area (Å²) in [7, 11) is -3.90. The number of hydrogen-bond acceptors (Lipinski definition) is 4. The average molecular weight is 454 g/mol. The molecule has 1 aromatic rings. The molecule has 7 nitrogen and oxygen atoms in total. The van der Waals surface area contributed by atoms with Gasteiger partial charge < -0.3 is 10.2 Å². The van der Waals surface area contributed by atoms with Gasteiger partial charge in [0, 0.05) is 44.6 Å². The van der Waals surface area contributed by atoms with Crippen LogP contribution in [0.15, 0.2) is 29.2 Å². The molecule has 0 spiro atoms. The van der Waals surface area contributed by atoms with Crippen molar-refractivity contribution in [2.45, 2.75) is 56.9 Å². The van der Waals surface area contributed by atoms with Crippen LogP contribution in [0.3, 0.4) is 0 Å². The lowest BCUT2D eigenvalue weighted by Crippen LogP contribution is -2.49. The van der Waals surface area contributed by atoms with Gasteiger partial charge in [0.15, 0.2) is 0 Å². The Morgan fingerprint density at radius 2 is 1.68 bits per heavy atom. The standard InChI is InChI=1S/C22H32FN3O4S/c1-16(2)15-21(27)25-11-9-18(10-12-25)24-22(28)17-7-13-26(14-8-17)31(29,30)20-6-4-3-5-19(20)23/h3-6,16-18H,7-15H2,1-2H3,(H,24,28). The van der Waals surface area contributed by atoms with Gasteiger partial charge in [-0.15, -0.1) is 0 Å². The summed E-state index contributed by atoms with van der Waals surface area (Å²) in [6.45, 7) is 5.73. The van der Waals surface area contributed by atoms with E-state index in [0.717, 1.165) is 18.9 Å². The molecule has 0 radical (unpaired) electrons. The van der Waals surface area contributed by atoms with Crippen molar-refractivity contribution >= 4 is 21.8 Å². The number of likely N-dealkylation sites (tertiary alicyclic amines) is 1. The maximum absolute atomic E-state index is 14.0. The molecule has 172 valence electrons. The van der Waals surface area contributed by atoms with Crippen LogP contribution in [-0.4, -0.2) is 61.7 Å². The van der Waals surface area contributed by atoms with Crippen LogP contribution in [0.25, 0.3) is 0 Å². The molecule has 2 aliphatic rings. The number of nitrogens with zero attached hydrogens (tertiary/aromatic N) is 2. The highest BCUT2D eigenvalue weighted by Crippen LogP contribution is 2.26. The number of carbonyl (C=O) groups is 2. The molecule has 0 unspecified atom stereocenters. The van der Waals surface area contributed by atoms with E-state index in [9.17, 15) is 22.4 Å². The van der Waals surface area contributed by atoms with E-state index in [0.29, 0.717) is 38.3 Å². The molecule has 0 saturated carbocycles. The van der Waals surface area contributed by atoms with Crippen molar-refractivity contribution in [3.05, 3.63) is 30.1 Å². The second kappa shape index (κ2) is 10.1. The van der Waals surface area contributed by atoms with E-state index in [1.165, 1.54) is 22.5 Å². The van der Waals surface area contributed by atoms with Gasteiger partial charge in [-0.25, -0.2) is 12.8 Å². The second-order valence-corrected chi connectivity index (χ2v) is 10.8. The first kappa shape index (κ1) is 23.7. The smallest absolute Gasteiger partial charge is 0.245 e. The lowest BCUT2D eigenvalue weighted by Gasteiger charge is -2.35. The topological polar surface area (TPSA) is 86.8 Å². The molecule has 0 aromatic heterocycles. The molecule has 2 saturated heterocycles. The number of piperidine rings is 2. The van der Waals surface area contributed by atoms with E-state index in [4.69, 9.17) is 0 Å². The van der Waals surface area contributed by atoms with Gasteiger partial charge in [0.25, 0.3) is 0 Å². The minimum Gasteiger partial charge on any atom is -0.353 e. The average Bonchev–Trinajstić information content (AvgIpc) is 2.74. The Kier molecular flexibility index (Phi) is 7.69. The van der Waals surface area contributed by atoms with Crippen LogP contribution < -0.4 is 5.32 Å². The molecular weight excluding hydrogens is 421 g/mol. The Hall–Kier alpha value is -2.00. The Balaban J connectivity index is 1.47. The zero-order chi connectivity index (χ0) is 22.6. The lowest BCUT2D eigenvalue weighted by atomic mass is 9.95. The third kappa shape index (κ3) is 5.83. The largest absolute Gasteiger partial charge is 0.353 e. The van der Waals surface area contributed by atoms with Crippen molar-refractivity contribution < 1.29 is 22.4 Å². The highest BCUT2D eigenvalue weighted by atomic mass is 32.2. The van der Waals surface area contributed by atoms with Crippen LogP contribution in [0.4, 0.5) is 4.39 Å². The fourth-order valence-electron chi connectivity index (χ4n) is 4.22. The summed E-state index contributed by atoms with van der Waals surface area (Å²) in [6.07, 6.45) is 2.83. The molecule has 2 aliphatic heterocycles. The van der Waals surface area contributed by atoms with Gasteiger partial charge in [-0.3, -0.25) is 9.59 Å². The van der Waals surface area contributed by atoms with Gasteiger partial charge >= 0.3 is 0 Å². The predicted octanol–water partition coefficient (Wildman–Crippen LogP) is 2.38. The van der Waals surface area contributed by atoms with Gasteiger partial charge in [0.05, 0.1) is 0 Å². The van der Waals surface area contributed by atoms with Crippen LogP contribution in [0.1, 0.15) is 46.0 Å². The Morgan fingerprint density at radius 3 is 2.26 bits per heavy atom. The van der Waals surface area contributed by atoms with Gasteiger partial charge in [0.2, 0.25) is 21.8 Å². The van der Waals surface area contributed by atoms with Gasteiger partial charge in [-0.1, -0.05) is 26.0 Å². The van der Waals surface area contributed by atoms with Crippen LogP contribution >= 0.6 is 0 Å². The van der Waals surface area contributed by atoms with E-state index in [-0.39, 0.29) is 41.8 Å². The van der Waals surface area contributed by atoms with Crippen LogP contribution in [-0.2, 0) is 19.6 Å². The molecule has 2 amide bonds. The summed E-state index contributed by atoms with van der Waals surface area (Å²) in [6, 6.07) is 5.39. The first-order valence-electron chi connectivity index (χ1n) is 11.0. The van der Waals surface area contributed by atoms with Crippen molar-refractivity contribution in [1.29, 1.82) is 0 Å². The highest BCUT2D eigenvalue weighted by molar-refractivity contribution is 7.89. The number of rotatable bonds is 6. The molecule has 3 rings (SSSR count). The minimum atomic E-state index is -3.90. The molecule has 31 heavy (non-hydrogen) atoms. The molecule has 0 aliphatic carbocycles. The van der Waals surface area contributed by atoms with E-state index in [1.807, 2.05) is 18.7 Å². The van der Waals surface area contributed by atoms with E-state index >= 15 is 0 Å². The zero-order valence-corrected chi connectivity index (χ0v) is 19.0. The number of carbonyl (C=O) groups excluding carboxylic acids is 2. The number of amides is 2. The molecular formula is C22H32FN3O4S. The van der Waals surface area contributed by atoms with Crippen molar-refractivity contribution in [3.8, 4) is 0 Å². The van der Waals surface area contributed by atoms with Crippen molar-refractivity contribution in [3.63, 3.8) is 0 Å². The third-order valence-corrected chi connectivity index (χ3v) is 7.99. The summed E-state index contributed by atoms with van der Waals surface area (Å²) < 4.78 is 40.6. The Labute approximate surface area is 184 Å². The highest BCUT2D eigenvalue weighted by Gasteiger charge is 2.34. The van der Waals surface area contributed by atoms with E-state index in [1.54, 1.807) is 0 Å². The van der Waals surface area contributed by atoms with Crippen LogP contribution in [0, 0.1) is 17.7 Å². The van der Waals surface area contributed by atoms with Crippen molar-refractivity contribution in [1.82, 2.24) is 14.5 Å². The van der Waals surface area contributed by atoms with Gasteiger partial charge in [-0.05, 0) is 43.7 Å². The fourth-order valence-corrected chi connectivity index (χ4v) is 5.76. The molecule has 2 fully saturated rings. The molecule has 0 atom stereocenters. The monoisotopic (exact) mass is 453 g/mol. The molecule has 1 aromatic carbocycles. The number of benzene rings is 1. The Morgan fingerprint density at radius 1 is 1.06 bits per heavy atom. The predicted molar refractivity (Wildman–Crippen MR) is 115 cm³/mol.